The van der Waals surface area contributed by atoms with Crippen molar-refractivity contribution in [1.82, 2.24) is 15.2 Å². The van der Waals surface area contributed by atoms with Crippen LogP contribution in [0.25, 0.3) is 0 Å². The highest BCUT2D eigenvalue weighted by atomic mass is 19.1. The molecular formula is C19H19FN4O. The second-order valence-corrected chi connectivity index (χ2v) is 6.16. The van der Waals surface area contributed by atoms with E-state index < -0.39 is 0 Å². The average Bonchev–Trinajstić information content (AvgIpc) is 2.65. The minimum absolute atomic E-state index is 0.108. The van der Waals surface area contributed by atoms with Crippen molar-refractivity contribution >= 4 is 5.91 Å². The number of halogens is 1. The molecule has 6 heteroatoms. The smallest absolute Gasteiger partial charge is 0.270 e. The van der Waals surface area contributed by atoms with Gasteiger partial charge in [0.15, 0.2) is 0 Å². The van der Waals surface area contributed by atoms with Crippen molar-refractivity contribution in [1.29, 1.82) is 5.26 Å². The van der Waals surface area contributed by atoms with Gasteiger partial charge in [0, 0.05) is 37.4 Å². The van der Waals surface area contributed by atoms with Gasteiger partial charge in [-0.25, -0.2) is 4.39 Å². The first-order chi connectivity index (χ1) is 12.2. The maximum absolute atomic E-state index is 14.0. The fourth-order valence-corrected chi connectivity index (χ4v) is 2.98. The van der Waals surface area contributed by atoms with Crippen LogP contribution in [0.1, 0.15) is 34.5 Å². The molecule has 1 aromatic carbocycles. The number of amides is 1. The Morgan fingerprint density at radius 3 is 2.76 bits per heavy atom. The summed E-state index contributed by atoms with van der Waals surface area (Å²) < 4.78 is 14.0. The van der Waals surface area contributed by atoms with Crippen LogP contribution in [-0.2, 0) is 6.54 Å². The fourth-order valence-electron chi connectivity index (χ4n) is 2.98. The van der Waals surface area contributed by atoms with Crippen LogP contribution >= 0.6 is 0 Å². The minimum Gasteiger partial charge on any atom is -0.348 e. The van der Waals surface area contributed by atoms with Crippen molar-refractivity contribution in [3.63, 3.8) is 0 Å². The molecule has 0 radical (unpaired) electrons. The van der Waals surface area contributed by atoms with Crippen molar-refractivity contribution in [2.24, 2.45) is 0 Å². The number of hydrogen-bond donors (Lipinski definition) is 1. The van der Waals surface area contributed by atoms with E-state index in [1.54, 1.807) is 36.5 Å². The molecule has 25 heavy (non-hydrogen) atoms. The van der Waals surface area contributed by atoms with Gasteiger partial charge >= 0.3 is 0 Å². The lowest BCUT2D eigenvalue weighted by molar-refractivity contribution is 0.0903. The molecule has 1 amide bonds. The number of benzene rings is 1. The van der Waals surface area contributed by atoms with Crippen molar-refractivity contribution in [3.05, 3.63) is 65.2 Å². The minimum atomic E-state index is -0.343. The number of carbonyl (C=O) groups excluding carboxylic acids is 1. The summed E-state index contributed by atoms with van der Waals surface area (Å²) in [4.78, 5) is 18.3. The SMILES string of the molecule is N#Cc1ccc(CN2CCC(NC(=O)c3ccccn3)CC2)c(F)c1. The van der Waals surface area contributed by atoms with Gasteiger partial charge in [-0.1, -0.05) is 12.1 Å². The first-order valence-electron chi connectivity index (χ1n) is 8.28. The van der Waals surface area contributed by atoms with E-state index >= 15 is 0 Å². The third kappa shape index (κ3) is 4.40. The monoisotopic (exact) mass is 338 g/mol. The Hall–Kier alpha value is -2.78. The summed E-state index contributed by atoms with van der Waals surface area (Å²) in [6, 6.07) is 11.9. The number of aromatic nitrogens is 1. The average molecular weight is 338 g/mol. The Bertz CT molecular complexity index is 780. The van der Waals surface area contributed by atoms with Gasteiger partial charge in [0.25, 0.3) is 5.91 Å². The Balaban J connectivity index is 1.51. The van der Waals surface area contributed by atoms with Gasteiger partial charge in [-0.05, 0) is 37.1 Å². The van der Waals surface area contributed by atoms with E-state index in [2.05, 4.69) is 15.2 Å². The van der Waals surface area contributed by atoms with E-state index in [1.165, 1.54) is 6.07 Å². The highest BCUT2D eigenvalue weighted by Gasteiger charge is 2.22. The molecule has 0 atom stereocenters. The predicted octanol–water partition coefficient (Wildman–Crippen LogP) is 2.49. The molecule has 1 saturated heterocycles. The number of hydrogen-bond acceptors (Lipinski definition) is 4. The van der Waals surface area contributed by atoms with Crippen LogP contribution < -0.4 is 5.32 Å². The lowest BCUT2D eigenvalue weighted by atomic mass is 10.0. The van der Waals surface area contributed by atoms with Gasteiger partial charge in [0.1, 0.15) is 11.5 Å². The number of nitrogens with zero attached hydrogens (tertiary/aromatic N) is 3. The summed E-state index contributed by atoms with van der Waals surface area (Å²) >= 11 is 0. The van der Waals surface area contributed by atoms with Gasteiger partial charge < -0.3 is 5.32 Å². The molecule has 0 spiro atoms. The van der Waals surface area contributed by atoms with Gasteiger partial charge in [-0.3, -0.25) is 14.7 Å². The van der Waals surface area contributed by atoms with E-state index in [4.69, 9.17) is 5.26 Å². The second-order valence-electron chi connectivity index (χ2n) is 6.16. The summed E-state index contributed by atoms with van der Waals surface area (Å²) in [6.45, 7) is 2.08. The van der Waals surface area contributed by atoms with E-state index in [0.717, 1.165) is 25.9 Å². The van der Waals surface area contributed by atoms with Gasteiger partial charge in [0.2, 0.25) is 0 Å². The molecule has 5 nitrogen and oxygen atoms in total. The summed E-state index contributed by atoms with van der Waals surface area (Å²) in [5.41, 5.74) is 1.34. The number of carbonyl (C=O) groups is 1. The fraction of sp³-hybridized carbons (Fsp3) is 0.316. The third-order valence-electron chi connectivity index (χ3n) is 4.40. The zero-order valence-electron chi connectivity index (χ0n) is 13.8. The van der Waals surface area contributed by atoms with E-state index in [9.17, 15) is 9.18 Å². The molecule has 1 N–H and O–H groups in total. The molecule has 2 heterocycles. The molecule has 1 aliphatic rings. The molecule has 1 aliphatic heterocycles. The molecule has 0 aliphatic carbocycles. The zero-order valence-corrected chi connectivity index (χ0v) is 13.8. The molecule has 0 saturated carbocycles. The largest absolute Gasteiger partial charge is 0.348 e. The van der Waals surface area contributed by atoms with Crippen molar-refractivity contribution < 1.29 is 9.18 Å². The molecule has 2 aromatic rings. The molecule has 128 valence electrons. The normalized spacial score (nSPS) is 15.5. The quantitative estimate of drug-likeness (QED) is 0.930. The van der Waals surface area contributed by atoms with Crippen LogP contribution in [0, 0.1) is 17.1 Å². The summed E-state index contributed by atoms with van der Waals surface area (Å²) in [7, 11) is 0. The van der Waals surface area contributed by atoms with Crippen molar-refractivity contribution in [3.8, 4) is 6.07 Å². The van der Waals surface area contributed by atoms with E-state index in [0.29, 0.717) is 23.4 Å². The Morgan fingerprint density at radius 2 is 2.12 bits per heavy atom. The highest BCUT2D eigenvalue weighted by molar-refractivity contribution is 5.92. The van der Waals surface area contributed by atoms with Gasteiger partial charge in [0.05, 0.1) is 11.6 Å². The van der Waals surface area contributed by atoms with Crippen LogP contribution in [0.5, 0.6) is 0 Å². The highest BCUT2D eigenvalue weighted by Crippen LogP contribution is 2.17. The van der Waals surface area contributed by atoms with Crippen LogP contribution in [-0.4, -0.2) is 34.9 Å². The van der Waals surface area contributed by atoms with Crippen LogP contribution in [0.15, 0.2) is 42.6 Å². The van der Waals surface area contributed by atoms with Crippen molar-refractivity contribution in [2.75, 3.05) is 13.1 Å². The molecule has 1 aromatic heterocycles. The van der Waals surface area contributed by atoms with Crippen LogP contribution in [0.4, 0.5) is 4.39 Å². The summed E-state index contributed by atoms with van der Waals surface area (Å²) in [6.07, 6.45) is 3.23. The second kappa shape index (κ2) is 7.86. The molecule has 0 unspecified atom stereocenters. The number of rotatable bonds is 4. The predicted molar refractivity (Wildman–Crippen MR) is 91.1 cm³/mol. The number of nitriles is 1. The topological polar surface area (TPSA) is 69.0 Å². The lowest BCUT2D eigenvalue weighted by Gasteiger charge is -2.32. The summed E-state index contributed by atoms with van der Waals surface area (Å²) in [5, 5.41) is 11.8. The maximum Gasteiger partial charge on any atom is 0.270 e. The number of likely N-dealkylation sites (tertiary alicyclic amines) is 1. The Kier molecular flexibility index (Phi) is 5.36. The zero-order chi connectivity index (χ0) is 17.6. The molecule has 3 rings (SSSR count). The number of pyridine rings is 1. The van der Waals surface area contributed by atoms with Crippen LogP contribution in [0.2, 0.25) is 0 Å². The standard InChI is InChI=1S/C19H19FN4O/c20-17-11-14(12-21)4-5-15(17)13-24-9-6-16(7-10-24)23-19(25)18-3-1-2-8-22-18/h1-5,8,11,16H,6-7,9-10,13H2,(H,23,25). The number of piperidine rings is 1. The molecule has 1 fully saturated rings. The number of nitrogens with one attached hydrogen (secondary N) is 1. The Labute approximate surface area is 146 Å². The van der Waals surface area contributed by atoms with E-state index in [-0.39, 0.29) is 17.8 Å². The van der Waals surface area contributed by atoms with Gasteiger partial charge in [-0.2, -0.15) is 5.26 Å². The van der Waals surface area contributed by atoms with Crippen LogP contribution in [0.3, 0.4) is 0 Å². The lowest BCUT2D eigenvalue weighted by Crippen LogP contribution is -2.44. The first-order valence-corrected chi connectivity index (χ1v) is 8.28. The molecule has 0 bridgehead atoms. The first kappa shape index (κ1) is 17.1. The third-order valence-corrected chi connectivity index (χ3v) is 4.40. The maximum atomic E-state index is 14.0. The van der Waals surface area contributed by atoms with Crippen molar-refractivity contribution in [2.45, 2.75) is 25.4 Å². The summed E-state index contributed by atoms with van der Waals surface area (Å²) in [5.74, 6) is -0.498. The van der Waals surface area contributed by atoms with Gasteiger partial charge in [-0.15, -0.1) is 0 Å². The van der Waals surface area contributed by atoms with E-state index in [1.807, 2.05) is 6.07 Å². The molecular weight excluding hydrogens is 319 g/mol. The Morgan fingerprint density at radius 1 is 1.32 bits per heavy atom.